The number of anilines is 1. The van der Waals surface area contributed by atoms with Crippen LogP contribution in [0.15, 0.2) is 36.8 Å². The van der Waals surface area contributed by atoms with E-state index in [4.69, 9.17) is 17.3 Å². The van der Waals surface area contributed by atoms with Crippen LogP contribution in [0.25, 0.3) is 0 Å². The zero-order valence-electron chi connectivity index (χ0n) is 10.4. The minimum absolute atomic E-state index is 0.196. The van der Waals surface area contributed by atoms with Gasteiger partial charge in [-0.15, -0.1) is 0 Å². The number of aromatic nitrogens is 2. The third kappa shape index (κ3) is 3.20. The van der Waals surface area contributed by atoms with Crippen LogP contribution in [0.5, 0.6) is 0 Å². The molecular formula is C13H13ClN4O. The summed E-state index contributed by atoms with van der Waals surface area (Å²) in [6, 6.07) is 5.18. The molecule has 6 heteroatoms. The molecule has 0 saturated heterocycles. The number of pyridine rings is 2. The highest BCUT2D eigenvalue weighted by Gasteiger charge is 2.15. The lowest BCUT2D eigenvalue weighted by Crippen LogP contribution is -2.27. The van der Waals surface area contributed by atoms with Gasteiger partial charge in [0.2, 0.25) is 0 Å². The molecule has 5 nitrogen and oxygen atoms in total. The Bertz CT molecular complexity index is 588. The Morgan fingerprint density at radius 1 is 1.42 bits per heavy atom. The molecule has 2 rings (SSSR count). The van der Waals surface area contributed by atoms with Gasteiger partial charge in [-0.25, -0.2) is 4.98 Å². The first-order chi connectivity index (χ1) is 9.08. The summed E-state index contributed by atoms with van der Waals surface area (Å²) in [7, 11) is 1.70. The quantitative estimate of drug-likeness (QED) is 0.870. The molecule has 0 aliphatic rings. The van der Waals surface area contributed by atoms with Crippen LogP contribution in [0.1, 0.15) is 15.9 Å². The average Bonchev–Trinajstić information content (AvgIpc) is 2.42. The highest BCUT2D eigenvalue weighted by molar-refractivity contribution is 6.29. The second-order valence-corrected chi connectivity index (χ2v) is 4.50. The van der Waals surface area contributed by atoms with E-state index < -0.39 is 0 Å². The number of carbonyl (C=O) groups excluding carboxylic acids is 1. The van der Waals surface area contributed by atoms with Crippen molar-refractivity contribution in [1.82, 2.24) is 14.9 Å². The van der Waals surface area contributed by atoms with E-state index in [1.807, 2.05) is 12.1 Å². The van der Waals surface area contributed by atoms with Crippen molar-refractivity contribution in [1.29, 1.82) is 0 Å². The minimum Gasteiger partial charge on any atom is -0.397 e. The first-order valence-electron chi connectivity index (χ1n) is 5.63. The Labute approximate surface area is 116 Å². The fraction of sp³-hybridized carbons (Fsp3) is 0.154. The van der Waals surface area contributed by atoms with Crippen molar-refractivity contribution in [2.45, 2.75) is 6.54 Å². The second kappa shape index (κ2) is 5.67. The van der Waals surface area contributed by atoms with Crippen molar-refractivity contribution in [2.24, 2.45) is 0 Å². The molecule has 98 valence electrons. The highest BCUT2D eigenvalue weighted by Crippen LogP contribution is 2.17. The molecule has 0 aliphatic heterocycles. The van der Waals surface area contributed by atoms with Crippen LogP contribution in [0.2, 0.25) is 5.15 Å². The van der Waals surface area contributed by atoms with E-state index in [0.717, 1.165) is 5.56 Å². The first-order valence-corrected chi connectivity index (χ1v) is 6.01. The van der Waals surface area contributed by atoms with Gasteiger partial charge in [-0.05, 0) is 23.8 Å². The largest absolute Gasteiger partial charge is 0.397 e. The van der Waals surface area contributed by atoms with Gasteiger partial charge in [0.15, 0.2) is 0 Å². The van der Waals surface area contributed by atoms with Gasteiger partial charge >= 0.3 is 0 Å². The van der Waals surface area contributed by atoms with Crippen LogP contribution in [0.3, 0.4) is 0 Å². The number of hydrogen-bond donors (Lipinski definition) is 1. The van der Waals surface area contributed by atoms with E-state index >= 15 is 0 Å². The summed E-state index contributed by atoms with van der Waals surface area (Å²) in [6.45, 7) is 0.473. The Morgan fingerprint density at radius 3 is 2.79 bits per heavy atom. The number of halogens is 1. The van der Waals surface area contributed by atoms with E-state index in [-0.39, 0.29) is 11.1 Å². The van der Waals surface area contributed by atoms with E-state index in [1.165, 1.54) is 12.3 Å². The lowest BCUT2D eigenvalue weighted by Gasteiger charge is -2.18. The van der Waals surface area contributed by atoms with Gasteiger partial charge in [0.05, 0.1) is 17.4 Å². The van der Waals surface area contributed by atoms with Crippen molar-refractivity contribution >= 4 is 23.2 Å². The summed E-state index contributed by atoms with van der Waals surface area (Å²) in [5.41, 5.74) is 7.41. The number of hydrogen-bond acceptors (Lipinski definition) is 4. The molecule has 2 aromatic rings. The van der Waals surface area contributed by atoms with Crippen LogP contribution in [0, 0.1) is 0 Å². The summed E-state index contributed by atoms with van der Waals surface area (Å²) in [5, 5.41) is 0.245. The van der Waals surface area contributed by atoms with Crippen molar-refractivity contribution in [3.8, 4) is 0 Å². The van der Waals surface area contributed by atoms with Crippen LogP contribution < -0.4 is 5.73 Å². The summed E-state index contributed by atoms with van der Waals surface area (Å²) in [6.07, 6.45) is 4.76. The Morgan fingerprint density at radius 2 is 2.11 bits per heavy atom. The lowest BCUT2D eigenvalue weighted by atomic mass is 10.2. The van der Waals surface area contributed by atoms with Crippen LogP contribution >= 0.6 is 11.6 Å². The first kappa shape index (κ1) is 13.3. The molecule has 1 amide bonds. The fourth-order valence-electron chi connectivity index (χ4n) is 1.67. The molecule has 0 fully saturated rings. The van der Waals surface area contributed by atoms with Gasteiger partial charge in [-0.2, -0.15) is 0 Å². The molecule has 0 unspecified atom stereocenters. The lowest BCUT2D eigenvalue weighted by molar-refractivity contribution is 0.0786. The van der Waals surface area contributed by atoms with E-state index in [0.29, 0.717) is 17.8 Å². The molecular weight excluding hydrogens is 264 g/mol. The maximum Gasteiger partial charge on any atom is 0.256 e. The summed E-state index contributed by atoms with van der Waals surface area (Å²) >= 11 is 5.78. The predicted octanol–water partition coefficient (Wildman–Crippen LogP) is 1.98. The normalized spacial score (nSPS) is 10.2. The number of nitrogen functional groups attached to an aromatic ring is 1. The third-order valence-electron chi connectivity index (χ3n) is 2.65. The van der Waals surface area contributed by atoms with E-state index in [9.17, 15) is 4.79 Å². The number of carbonyl (C=O) groups is 1. The van der Waals surface area contributed by atoms with Crippen LogP contribution in [-0.2, 0) is 6.54 Å². The Balaban J connectivity index is 2.17. The standard InChI is InChI=1S/C13H13ClN4O/c1-18(8-9-2-4-16-5-3-9)13(19)10-6-12(14)17-7-11(10)15/h2-7H,8,15H2,1H3. The van der Waals surface area contributed by atoms with Gasteiger partial charge in [-0.1, -0.05) is 11.6 Å². The van der Waals surface area contributed by atoms with Crippen molar-refractivity contribution in [3.63, 3.8) is 0 Å². The number of amides is 1. The molecule has 0 radical (unpaired) electrons. The van der Waals surface area contributed by atoms with Gasteiger partial charge in [0.1, 0.15) is 5.15 Å². The molecule has 2 heterocycles. The molecule has 19 heavy (non-hydrogen) atoms. The predicted molar refractivity (Wildman–Crippen MR) is 73.7 cm³/mol. The van der Waals surface area contributed by atoms with Crippen molar-refractivity contribution in [3.05, 3.63) is 53.1 Å². The van der Waals surface area contributed by atoms with Gasteiger partial charge in [-0.3, -0.25) is 9.78 Å². The summed E-state index contributed by atoms with van der Waals surface area (Å²) in [5.74, 6) is -0.196. The van der Waals surface area contributed by atoms with E-state index in [2.05, 4.69) is 9.97 Å². The van der Waals surface area contributed by atoms with Gasteiger partial charge in [0, 0.05) is 26.0 Å². The molecule has 0 bridgehead atoms. The fourth-order valence-corrected chi connectivity index (χ4v) is 1.82. The van der Waals surface area contributed by atoms with E-state index in [1.54, 1.807) is 24.3 Å². The Kier molecular flexibility index (Phi) is 3.97. The van der Waals surface area contributed by atoms with Gasteiger partial charge < -0.3 is 10.6 Å². The van der Waals surface area contributed by atoms with Crippen molar-refractivity contribution < 1.29 is 4.79 Å². The zero-order valence-corrected chi connectivity index (χ0v) is 11.1. The molecule has 0 spiro atoms. The molecule has 0 saturated carbocycles. The number of nitrogens with two attached hydrogens (primary N) is 1. The molecule has 0 aliphatic carbocycles. The Hall–Kier alpha value is -2.14. The van der Waals surface area contributed by atoms with Gasteiger partial charge in [0.25, 0.3) is 5.91 Å². The topological polar surface area (TPSA) is 72.1 Å². The third-order valence-corrected chi connectivity index (χ3v) is 2.85. The van der Waals surface area contributed by atoms with Crippen LogP contribution in [0.4, 0.5) is 5.69 Å². The van der Waals surface area contributed by atoms with Crippen LogP contribution in [-0.4, -0.2) is 27.8 Å². The summed E-state index contributed by atoms with van der Waals surface area (Å²) in [4.78, 5) is 21.6. The maximum absolute atomic E-state index is 12.3. The number of nitrogens with zero attached hydrogens (tertiary/aromatic N) is 3. The molecule has 0 atom stereocenters. The molecule has 0 aromatic carbocycles. The highest BCUT2D eigenvalue weighted by atomic mass is 35.5. The second-order valence-electron chi connectivity index (χ2n) is 4.11. The minimum atomic E-state index is -0.196. The maximum atomic E-state index is 12.3. The monoisotopic (exact) mass is 276 g/mol. The molecule has 2 aromatic heterocycles. The zero-order chi connectivity index (χ0) is 13.8. The summed E-state index contributed by atoms with van der Waals surface area (Å²) < 4.78 is 0. The average molecular weight is 277 g/mol. The number of rotatable bonds is 3. The smallest absolute Gasteiger partial charge is 0.256 e. The molecule has 2 N–H and O–H groups in total. The van der Waals surface area contributed by atoms with Crippen molar-refractivity contribution in [2.75, 3.05) is 12.8 Å². The SMILES string of the molecule is CN(Cc1ccncc1)C(=O)c1cc(Cl)ncc1N.